The number of guanidine groups is 1. The lowest BCUT2D eigenvalue weighted by atomic mass is 10.2. The largest absolute Gasteiger partial charge is 0.374 e. The van der Waals surface area contributed by atoms with Gasteiger partial charge < -0.3 is 15.4 Å². The molecule has 1 aliphatic rings. The van der Waals surface area contributed by atoms with Gasteiger partial charge in [-0.25, -0.2) is 0 Å². The van der Waals surface area contributed by atoms with Gasteiger partial charge in [-0.1, -0.05) is 20.8 Å². The molecule has 136 valence electrons. The minimum Gasteiger partial charge on any atom is -0.374 e. The normalized spacial score (nSPS) is 19.7. The molecule has 0 bridgehead atoms. The zero-order valence-electron chi connectivity index (χ0n) is 15.5. The van der Waals surface area contributed by atoms with Crippen LogP contribution in [0.15, 0.2) is 17.1 Å². The highest BCUT2D eigenvalue weighted by atomic mass is 32.1. The SMILES string of the molecule is CCc1ccc(CNC(=NC)NCC2CN(CC(C)C)CCO2)s1. The van der Waals surface area contributed by atoms with Gasteiger partial charge in [-0.3, -0.25) is 9.89 Å². The highest BCUT2D eigenvalue weighted by Gasteiger charge is 2.21. The fraction of sp³-hybridized carbons (Fsp3) is 0.722. The number of aliphatic imine (C=N–C) groups is 1. The van der Waals surface area contributed by atoms with Crippen LogP contribution in [-0.2, 0) is 17.7 Å². The summed E-state index contributed by atoms with van der Waals surface area (Å²) < 4.78 is 5.88. The van der Waals surface area contributed by atoms with Gasteiger partial charge in [-0.15, -0.1) is 11.3 Å². The van der Waals surface area contributed by atoms with Crippen LogP contribution in [0, 0.1) is 5.92 Å². The number of nitrogens with zero attached hydrogens (tertiary/aromatic N) is 2. The van der Waals surface area contributed by atoms with Crippen molar-refractivity contribution in [2.24, 2.45) is 10.9 Å². The van der Waals surface area contributed by atoms with Crippen molar-refractivity contribution in [1.29, 1.82) is 0 Å². The molecule has 1 atom stereocenters. The fourth-order valence-electron chi connectivity index (χ4n) is 2.90. The number of hydrogen-bond donors (Lipinski definition) is 2. The van der Waals surface area contributed by atoms with Crippen LogP contribution in [0.2, 0.25) is 0 Å². The number of thiophene rings is 1. The third-order valence-corrected chi connectivity index (χ3v) is 5.29. The highest BCUT2D eigenvalue weighted by Crippen LogP contribution is 2.16. The van der Waals surface area contributed by atoms with E-state index in [9.17, 15) is 0 Å². The van der Waals surface area contributed by atoms with Crippen LogP contribution in [0.25, 0.3) is 0 Å². The van der Waals surface area contributed by atoms with E-state index in [4.69, 9.17) is 4.74 Å². The maximum Gasteiger partial charge on any atom is 0.191 e. The predicted molar refractivity (Wildman–Crippen MR) is 103 cm³/mol. The molecule has 1 aromatic heterocycles. The third kappa shape index (κ3) is 6.42. The molecule has 0 aliphatic carbocycles. The van der Waals surface area contributed by atoms with Crippen LogP contribution in [0.5, 0.6) is 0 Å². The fourth-order valence-corrected chi connectivity index (χ4v) is 3.79. The van der Waals surface area contributed by atoms with Crippen LogP contribution in [0.4, 0.5) is 0 Å². The lowest BCUT2D eigenvalue weighted by Crippen LogP contribution is -2.50. The smallest absolute Gasteiger partial charge is 0.191 e. The van der Waals surface area contributed by atoms with Gasteiger partial charge in [0.25, 0.3) is 0 Å². The molecule has 0 radical (unpaired) electrons. The van der Waals surface area contributed by atoms with Gasteiger partial charge >= 0.3 is 0 Å². The average molecular weight is 353 g/mol. The Hall–Kier alpha value is -1.11. The average Bonchev–Trinajstić information content (AvgIpc) is 3.03. The second-order valence-corrected chi connectivity index (χ2v) is 7.93. The quantitative estimate of drug-likeness (QED) is 0.584. The van der Waals surface area contributed by atoms with Gasteiger partial charge in [-0.2, -0.15) is 0 Å². The minimum atomic E-state index is 0.226. The summed E-state index contributed by atoms with van der Waals surface area (Å²) in [5.74, 6) is 1.54. The maximum atomic E-state index is 5.88. The van der Waals surface area contributed by atoms with Crippen molar-refractivity contribution < 1.29 is 4.74 Å². The van der Waals surface area contributed by atoms with E-state index in [1.54, 1.807) is 0 Å². The molecule has 24 heavy (non-hydrogen) atoms. The Kier molecular flexibility index (Phi) is 8.02. The van der Waals surface area contributed by atoms with Crippen molar-refractivity contribution in [3.63, 3.8) is 0 Å². The summed E-state index contributed by atoms with van der Waals surface area (Å²) >= 11 is 1.86. The summed E-state index contributed by atoms with van der Waals surface area (Å²) in [6, 6.07) is 4.40. The summed E-state index contributed by atoms with van der Waals surface area (Å²) in [4.78, 5) is 9.57. The molecule has 0 amide bonds. The second-order valence-electron chi connectivity index (χ2n) is 6.67. The first-order valence-electron chi connectivity index (χ1n) is 8.96. The Bertz CT molecular complexity index is 515. The highest BCUT2D eigenvalue weighted by molar-refractivity contribution is 7.11. The van der Waals surface area contributed by atoms with Gasteiger partial charge in [-0.05, 0) is 24.5 Å². The Morgan fingerprint density at radius 3 is 2.83 bits per heavy atom. The molecule has 2 N–H and O–H groups in total. The first kappa shape index (κ1) is 19.2. The summed E-state index contributed by atoms with van der Waals surface area (Å²) in [5, 5.41) is 6.78. The van der Waals surface area contributed by atoms with Gasteiger partial charge in [0.1, 0.15) is 0 Å². The molecule has 6 heteroatoms. The monoisotopic (exact) mass is 352 g/mol. The number of ether oxygens (including phenoxy) is 1. The molecule has 5 nitrogen and oxygen atoms in total. The van der Waals surface area contributed by atoms with Crippen molar-refractivity contribution in [3.05, 3.63) is 21.9 Å². The molecule has 2 rings (SSSR count). The number of nitrogens with one attached hydrogen (secondary N) is 2. The van der Waals surface area contributed by atoms with Gasteiger partial charge in [0.15, 0.2) is 5.96 Å². The van der Waals surface area contributed by atoms with Crippen LogP contribution in [0.3, 0.4) is 0 Å². The van der Waals surface area contributed by atoms with E-state index in [1.807, 2.05) is 18.4 Å². The molecule has 1 fully saturated rings. The van der Waals surface area contributed by atoms with Crippen molar-refractivity contribution in [3.8, 4) is 0 Å². The molecule has 1 aromatic rings. The molecule has 0 saturated carbocycles. The number of hydrogen-bond acceptors (Lipinski definition) is 4. The maximum absolute atomic E-state index is 5.88. The van der Waals surface area contributed by atoms with E-state index < -0.39 is 0 Å². The number of aryl methyl sites for hydroxylation is 1. The summed E-state index contributed by atoms with van der Waals surface area (Å²) in [6.45, 7) is 12.3. The van der Waals surface area contributed by atoms with E-state index in [-0.39, 0.29) is 6.10 Å². The molecular formula is C18H32N4OS. The van der Waals surface area contributed by atoms with Gasteiger partial charge in [0.2, 0.25) is 0 Å². The van der Waals surface area contributed by atoms with Crippen LogP contribution < -0.4 is 10.6 Å². The zero-order chi connectivity index (χ0) is 17.4. The lowest BCUT2D eigenvalue weighted by molar-refractivity contribution is -0.0284. The second kappa shape index (κ2) is 10.0. The van der Waals surface area contributed by atoms with E-state index >= 15 is 0 Å². The predicted octanol–water partition coefficient (Wildman–Crippen LogP) is 2.33. The Morgan fingerprint density at radius 2 is 2.17 bits per heavy atom. The van der Waals surface area contributed by atoms with Crippen LogP contribution in [0.1, 0.15) is 30.5 Å². The topological polar surface area (TPSA) is 48.9 Å². The zero-order valence-corrected chi connectivity index (χ0v) is 16.3. The first-order chi connectivity index (χ1) is 11.6. The third-order valence-electron chi connectivity index (χ3n) is 4.06. The van der Waals surface area contributed by atoms with Gasteiger partial charge in [0.05, 0.1) is 19.3 Å². The van der Waals surface area contributed by atoms with Gasteiger partial charge in [0, 0.05) is 43.0 Å². The van der Waals surface area contributed by atoms with E-state index in [0.29, 0.717) is 5.92 Å². The Balaban J connectivity index is 1.72. The molecule has 1 saturated heterocycles. The van der Waals surface area contributed by atoms with E-state index in [0.717, 1.165) is 51.7 Å². The molecule has 1 aliphatic heterocycles. The molecule has 0 spiro atoms. The Morgan fingerprint density at radius 1 is 1.38 bits per heavy atom. The van der Waals surface area contributed by atoms with Crippen molar-refractivity contribution >= 4 is 17.3 Å². The van der Waals surface area contributed by atoms with Crippen LogP contribution >= 0.6 is 11.3 Å². The lowest BCUT2D eigenvalue weighted by Gasteiger charge is -2.34. The summed E-state index contributed by atoms with van der Waals surface area (Å²) in [6.07, 6.45) is 1.33. The Labute approximate surface area is 150 Å². The van der Waals surface area contributed by atoms with Crippen LogP contribution in [-0.4, -0.2) is 56.8 Å². The minimum absolute atomic E-state index is 0.226. The summed E-state index contributed by atoms with van der Waals surface area (Å²) in [5.41, 5.74) is 0. The number of rotatable bonds is 7. The van der Waals surface area contributed by atoms with Crippen molar-refractivity contribution in [2.75, 3.05) is 39.8 Å². The molecule has 0 aromatic carbocycles. The van der Waals surface area contributed by atoms with E-state index in [1.165, 1.54) is 9.75 Å². The van der Waals surface area contributed by atoms with E-state index in [2.05, 4.69) is 53.4 Å². The summed E-state index contributed by atoms with van der Waals surface area (Å²) in [7, 11) is 1.81. The molecule has 2 heterocycles. The molecular weight excluding hydrogens is 320 g/mol. The first-order valence-corrected chi connectivity index (χ1v) is 9.78. The number of morpholine rings is 1. The standard InChI is InChI=1S/C18H32N4OS/c1-5-16-6-7-17(24-16)11-21-18(19-4)20-10-15-13-22(8-9-23-15)12-14(2)3/h6-7,14-15H,5,8-13H2,1-4H3,(H2,19,20,21). The van der Waals surface area contributed by atoms with Crippen molar-refractivity contribution in [1.82, 2.24) is 15.5 Å². The molecule has 1 unspecified atom stereocenters. The van der Waals surface area contributed by atoms with Crippen molar-refractivity contribution in [2.45, 2.75) is 39.8 Å².